The Kier molecular flexibility index (Phi) is 3.48. The van der Waals surface area contributed by atoms with Crippen LogP contribution in [0.25, 0.3) is 0 Å². The molecule has 7 heteroatoms. The largest absolute Gasteiger partial charge is 0.448 e. The molecule has 1 aliphatic rings. The van der Waals surface area contributed by atoms with Crippen molar-refractivity contribution in [1.82, 2.24) is 19.9 Å². The molecule has 0 saturated heterocycles. The van der Waals surface area contributed by atoms with Crippen LogP contribution in [-0.4, -0.2) is 25.9 Å². The molecular weight excluding hydrogens is 272 g/mol. The molecule has 1 aliphatic carbocycles. The lowest BCUT2D eigenvalue weighted by Gasteiger charge is -2.12. The molecule has 0 amide bonds. The van der Waals surface area contributed by atoms with Crippen molar-refractivity contribution in [2.45, 2.75) is 45.6 Å². The van der Waals surface area contributed by atoms with Gasteiger partial charge in [0, 0.05) is 12.6 Å². The molecule has 0 saturated carbocycles. The zero-order valence-electron chi connectivity index (χ0n) is 12.4. The van der Waals surface area contributed by atoms with E-state index in [1.165, 1.54) is 0 Å². The Morgan fingerprint density at radius 3 is 2.86 bits per heavy atom. The summed E-state index contributed by atoms with van der Waals surface area (Å²) < 4.78 is 12.1. The molecular formula is C14H18N4O3. The van der Waals surface area contributed by atoms with Crippen molar-refractivity contribution in [1.29, 1.82) is 0 Å². The number of fused-ring (bicyclic) bond motifs is 1. The van der Waals surface area contributed by atoms with Crippen LogP contribution in [0.5, 0.6) is 0 Å². The fraction of sp³-hybridized carbons (Fsp3) is 0.571. The maximum atomic E-state index is 12.4. The van der Waals surface area contributed by atoms with Crippen LogP contribution in [-0.2, 0) is 24.6 Å². The van der Waals surface area contributed by atoms with Crippen LogP contribution in [0.2, 0.25) is 0 Å². The number of ether oxygens (including phenoxy) is 1. The van der Waals surface area contributed by atoms with Crippen molar-refractivity contribution >= 4 is 5.97 Å². The minimum absolute atomic E-state index is 0.303. The van der Waals surface area contributed by atoms with Crippen molar-refractivity contribution in [3.05, 3.63) is 28.7 Å². The third-order valence-corrected chi connectivity index (χ3v) is 3.69. The smallest absolute Gasteiger partial charge is 0.357 e. The van der Waals surface area contributed by atoms with Gasteiger partial charge in [0.05, 0.1) is 5.69 Å². The van der Waals surface area contributed by atoms with Crippen LogP contribution in [0.15, 0.2) is 4.52 Å². The summed E-state index contributed by atoms with van der Waals surface area (Å²) in [6.45, 7) is 3.44. The third-order valence-electron chi connectivity index (χ3n) is 3.69. The molecule has 112 valence electrons. The predicted octanol–water partition coefficient (Wildman–Crippen LogP) is 1.91. The van der Waals surface area contributed by atoms with E-state index in [1.807, 2.05) is 0 Å². The molecule has 1 atom stereocenters. The third kappa shape index (κ3) is 2.55. The van der Waals surface area contributed by atoms with Gasteiger partial charge in [0.2, 0.25) is 0 Å². The van der Waals surface area contributed by atoms with E-state index in [1.54, 1.807) is 25.6 Å². The van der Waals surface area contributed by atoms with Crippen LogP contribution in [0.1, 0.15) is 59.3 Å². The Morgan fingerprint density at radius 1 is 1.38 bits per heavy atom. The van der Waals surface area contributed by atoms with Crippen LogP contribution < -0.4 is 0 Å². The molecule has 2 heterocycles. The first-order chi connectivity index (χ1) is 10.1. The number of aromatic nitrogens is 4. The summed E-state index contributed by atoms with van der Waals surface area (Å²) in [6.07, 6.45) is 3.43. The van der Waals surface area contributed by atoms with Crippen LogP contribution in [0.3, 0.4) is 0 Å². The number of hydrogen-bond donors (Lipinski definition) is 0. The highest BCUT2D eigenvalue weighted by molar-refractivity contribution is 5.89. The second-order valence-corrected chi connectivity index (χ2v) is 5.33. The van der Waals surface area contributed by atoms with Crippen molar-refractivity contribution in [2.24, 2.45) is 7.05 Å². The van der Waals surface area contributed by atoms with Crippen molar-refractivity contribution < 1.29 is 14.1 Å². The highest BCUT2D eigenvalue weighted by atomic mass is 16.6. The Morgan fingerprint density at radius 2 is 2.14 bits per heavy atom. The van der Waals surface area contributed by atoms with Gasteiger partial charge in [-0.05, 0) is 39.5 Å². The molecule has 0 spiro atoms. The average molecular weight is 290 g/mol. The molecule has 0 N–H and O–H groups in total. The summed E-state index contributed by atoms with van der Waals surface area (Å²) in [4.78, 5) is 16.5. The second kappa shape index (κ2) is 5.31. The fourth-order valence-corrected chi connectivity index (χ4v) is 2.68. The normalized spacial score (nSPS) is 15.6. The number of esters is 1. The summed E-state index contributed by atoms with van der Waals surface area (Å²) in [5, 5.41) is 8.12. The summed E-state index contributed by atoms with van der Waals surface area (Å²) in [5.41, 5.74) is 2.56. The lowest BCUT2D eigenvalue weighted by Crippen LogP contribution is -2.16. The van der Waals surface area contributed by atoms with Crippen LogP contribution >= 0.6 is 0 Å². The average Bonchev–Trinajstić information content (AvgIpc) is 3.01. The SMILES string of the molecule is Cc1noc(C(C)OC(=O)c2c3c(nn2C)CCCC3)n1. The van der Waals surface area contributed by atoms with E-state index in [-0.39, 0.29) is 0 Å². The standard InChI is InChI=1S/C14H18N4O3/c1-8(13-15-9(2)17-21-13)20-14(19)12-10-6-4-5-7-11(10)16-18(12)3/h8H,4-7H2,1-3H3. The van der Waals surface area contributed by atoms with Gasteiger partial charge in [-0.3, -0.25) is 4.68 Å². The van der Waals surface area contributed by atoms with Gasteiger partial charge in [-0.15, -0.1) is 0 Å². The monoisotopic (exact) mass is 290 g/mol. The lowest BCUT2D eigenvalue weighted by molar-refractivity contribution is 0.0251. The van der Waals surface area contributed by atoms with E-state index in [0.29, 0.717) is 17.4 Å². The zero-order valence-corrected chi connectivity index (χ0v) is 12.4. The first kappa shape index (κ1) is 13.8. The minimum atomic E-state index is -0.576. The summed E-state index contributed by atoms with van der Waals surface area (Å²) in [6, 6.07) is 0. The molecule has 0 bridgehead atoms. The van der Waals surface area contributed by atoms with Gasteiger partial charge in [0.15, 0.2) is 11.9 Å². The maximum absolute atomic E-state index is 12.4. The van der Waals surface area contributed by atoms with E-state index >= 15 is 0 Å². The number of aryl methyl sites for hydroxylation is 3. The zero-order chi connectivity index (χ0) is 15.0. The second-order valence-electron chi connectivity index (χ2n) is 5.33. The molecule has 0 aliphatic heterocycles. The number of carbonyl (C=O) groups excluding carboxylic acids is 1. The minimum Gasteiger partial charge on any atom is -0.448 e. The first-order valence-corrected chi connectivity index (χ1v) is 7.12. The Labute approximate surface area is 122 Å². The predicted molar refractivity (Wildman–Crippen MR) is 72.7 cm³/mol. The Hall–Kier alpha value is -2.18. The Bertz CT molecular complexity index is 674. The van der Waals surface area contributed by atoms with Crippen molar-refractivity contribution in [2.75, 3.05) is 0 Å². The summed E-state index contributed by atoms with van der Waals surface area (Å²) in [5.74, 6) is 0.430. The maximum Gasteiger partial charge on any atom is 0.357 e. The van der Waals surface area contributed by atoms with Gasteiger partial charge in [-0.2, -0.15) is 10.1 Å². The lowest BCUT2D eigenvalue weighted by atomic mass is 9.96. The molecule has 21 heavy (non-hydrogen) atoms. The highest BCUT2D eigenvalue weighted by Crippen LogP contribution is 2.25. The van der Waals surface area contributed by atoms with E-state index in [9.17, 15) is 4.79 Å². The molecule has 0 radical (unpaired) electrons. The van der Waals surface area contributed by atoms with E-state index in [0.717, 1.165) is 36.9 Å². The van der Waals surface area contributed by atoms with Crippen molar-refractivity contribution in [3.63, 3.8) is 0 Å². The quantitative estimate of drug-likeness (QED) is 0.803. The van der Waals surface area contributed by atoms with Gasteiger partial charge in [0.1, 0.15) is 5.69 Å². The van der Waals surface area contributed by atoms with Gasteiger partial charge >= 0.3 is 5.97 Å². The van der Waals surface area contributed by atoms with E-state index in [2.05, 4.69) is 15.2 Å². The van der Waals surface area contributed by atoms with E-state index < -0.39 is 12.1 Å². The molecule has 2 aromatic heterocycles. The van der Waals surface area contributed by atoms with Crippen molar-refractivity contribution in [3.8, 4) is 0 Å². The van der Waals surface area contributed by atoms with Gasteiger partial charge < -0.3 is 9.26 Å². The topological polar surface area (TPSA) is 83.0 Å². The molecule has 0 fully saturated rings. The number of hydrogen-bond acceptors (Lipinski definition) is 6. The number of rotatable bonds is 3. The first-order valence-electron chi connectivity index (χ1n) is 7.12. The van der Waals surface area contributed by atoms with E-state index in [4.69, 9.17) is 9.26 Å². The molecule has 3 rings (SSSR count). The van der Waals surface area contributed by atoms with Crippen LogP contribution in [0.4, 0.5) is 0 Å². The number of nitrogens with zero attached hydrogens (tertiary/aromatic N) is 4. The highest BCUT2D eigenvalue weighted by Gasteiger charge is 2.27. The summed E-state index contributed by atoms with van der Waals surface area (Å²) in [7, 11) is 1.77. The fourth-order valence-electron chi connectivity index (χ4n) is 2.68. The van der Waals surface area contributed by atoms with Crippen LogP contribution in [0, 0.1) is 6.92 Å². The van der Waals surface area contributed by atoms with Gasteiger partial charge in [-0.25, -0.2) is 4.79 Å². The molecule has 0 aromatic carbocycles. The molecule has 1 unspecified atom stereocenters. The molecule has 7 nitrogen and oxygen atoms in total. The number of carbonyl (C=O) groups is 1. The Balaban J connectivity index is 1.81. The summed E-state index contributed by atoms with van der Waals surface area (Å²) >= 11 is 0. The molecule has 2 aromatic rings. The van der Waals surface area contributed by atoms with Gasteiger partial charge in [0.25, 0.3) is 5.89 Å². The van der Waals surface area contributed by atoms with Gasteiger partial charge in [-0.1, -0.05) is 5.16 Å².